The van der Waals surface area contributed by atoms with E-state index in [2.05, 4.69) is 4.90 Å². The van der Waals surface area contributed by atoms with Crippen molar-refractivity contribution in [2.75, 3.05) is 26.2 Å². The molecule has 1 unspecified atom stereocenters. The highest BCUT2D eigenvalue weighted by molar-refractivity contribution is 5.30. The van der Waals surface area contributed by atoms with E-state index in [0.717, 1.165) is 43.7 Å². The van der Waals surface area contributed by atoms with Gasteiger partial charge in [-0.2, -0.15) is 0 Å². The van der Waals surface area contributed by atoms with Crippen LogP contribution in [-0.4, -0.2) is 37.2 Å². The molecule has 20 heavy (non-hydrogen) atoms. The Morgan fingerprint density at radius 2 is 2.10 bits per heavy atom. The van der Waals surface area contributed by atoms with Crippen LogP contribution in [0.5, 0.6) is 0 Å². The van der Waals surface area contributed by atoms with Crippen LogP contribution in [-0.2, 0) is 4.74 Å². The number of hydrogen-bond acceptors (Lipinski definition) is 3. The molecule has 1 saturated heterocycles. The molecule has 1 fully saturated rings. The molecule has 112 valence electrons. The molecule has 1 aliphatic rings. The zero-order valence-corrected chi connectivity index (χ0v) is 12.4. The number of hydrogen-bond donors (Lipinski definition) is 1. The molecule has 0 radical (unpaired) electrons. The lowest BCUT2D eigenvalue weighted by Gasteiger charge is -2.37. The summed E-state index contributed by atoms with van der Waals surface area (Å²) in [6, 6.07) is 5.07. The molecule has 1 aliphatic heterocycles. The van der Waals surface area contributed by atoms with Crippen LogP contribution in [0.25, 0.3) is 0 Å². The van der Waals surface area contributed by atoms with Gasteiger partial charge in [-0.25, -0.2) is 4.39 Å². The Labute approximate surface area is 120 Å². The van der Waals surface area contributed by atoms with Gasteiger partial charge in [-0.05, 0) is 49.9 Å². The van der Waals surface area contributed by atoms with Crippen molar-refractivity contribution in [1.82, 2.24) is 4.90 Å². The van der Waals surface area contributed by atoms with Gasteiger partial charge in [-0.15, -0.1) is 0 Å². The molecule has 1 aromatic rings. The molecule has 0 amide bonds. The lowest BCUT2D eigenvalue weighted by atomic mass is 9.97. The standard InChI is InChI=1S/C16H25FN2O/c1-3-20-14-6-8-19(9-7-14)16(11-18)15-10-13(17)5-4-12(15)2/h4-5,10,14,16H,3,6-9,11,18H2,1-2H3. The zero-order valence-electron chi connectivity index (χ0n) is 12.4. The van der Waals surface area contributed by atoms with E-state index in [4.69, 9.17) is 10.5 Å². The second-order valence-electron chi connectivity index (χ2n) is 5.44. The van der Waals surface area contributed by atoms with Crippen molar-refractivity contribution in [3.63, 3.8) is 0 Å². The molecule has 3 nitrogen and oxygen atoms in total. The predicted molar refractivity (Wildman–Crippen MR) is 79.2 cm³/mol. The van der Waals surface area contributed by atoms with Crippen molar-refractivity contribution in [3.8, 4) is 0 Å². The third-order valence-electron chi connectivity index (χ3n) is 4.14. The molecule has 0 aromatic heterocycles. The number of piperidine rings is 1. The predicted octanol–water partition coefficient (Wildman–Crippen LogP) is 2.63. The number of aryl methyl sites for hydroxylation is 1. The minimum absolute atomic E-state index is 0.105. The van der Waals surface area contributed by atoms with Gasteiger partial charge in [0, 0.05) is 32.3 Å². The highest BCUT2D eigenvalue weighted by Crippen LogP contribution is 2.27. The normalized spacial score (nSPS) is 19.2. The summed E-state index contributed by atoms with van der Waals surface area (Å²) in [5.74, 6) is -0.187. The molecule has 1 aromatic carbocycles. The molecule has 0 aliphatic carbocycles. The van der Waals surface area contributed by atoms with Gasteiger partial charge in [-0.3, -0.25) is 4.90 Å². The van der Waals surface area contributed by atoms with Gasteiger partial charge < -0.3 is 10.5 Å². The minimum atomic E-state index is -0.187. The molecular formula is C16H25FN2O. The van der Waals surface area contributed by atoms with Crippen LogP contribution in [0.4, 0.5) is 4.39 Å². The summed E-state index contributed by atoms with van der Waals surface area (Å²) in [6.07, 6.45) is 2.42. The first kappa shape index (κ1) is 15.4. The van der Waals surface area contributed by atoms with Crippen LogP contribution >= 0.6 is 0 Å². The quantitative estimate of drug-likeness (QED) is 0.901. The number of ether oxygens (including phenoxy) is 1. The molecular weight excluding hydrogens is 255 g/mol. The van der Waals surface area contributed by atoms with Gasteiger partial charge >= 0.3 is 0 Å². The molecule has 1 heterocycles. The van der Waals surface area contributed by atoms with Gasteiger partial charge in [0.05, 0.1) is 6.10 Å². The maximum Gasteiger partial charge on any atom is 0.123 e. The first-order chi connectivity index (χ1) is 9.65. The van der Waals surface area contributed by atoms with Crippen molar-refractivity contribution < 1.29 is 9.13 Å². The smallest absolute Gasteiger partial charge is 0.123 e. The van der Waals surface area contributed by atoms with E-state index >= 15 is 0 Å². The molecule has 2 N–H and O–H groups in total. The van der Waals surface area contributed by atoms with E-state index in [9.17, 15) is 4.39 Å². The Hall–Kier alpha value is -0.970. The molecule has 0 bridgehead atoms. The lowest BCUT2D eigenvalue weighted by molar-refractivity contribution is 0.00443. The number of benzene rings is 1. The van der Waals surface area contributed by atoms with Crippen molar-refractivity contribution in [2.24, 2.45) is 5.73 Å². The summed E-state index contributed by atoms with van der Waals surface area (Å²) in [7, 11) is 0. The summed E-state index contributed by atoms with van der Waals surface area (Å²) >= 11 is 0. The summed E-state index contributed by atoms with van der Waals surface area (Å²) in [6.45, 7) is 7.26. The number of likely N-dealkylation sites (tertiary alicyclic amines) is 1. The highest BCUT2D eigenvalue weighted by atomic mass is 19.1. The highest BCUT2D eigenvalue weighted by Gasteiger charge is 2.26. The monoisotopic (exact) mass is 280 g/mol. The second kappa shape index (κ2) is 7.16. The van der Waals surface area contributed by atoms with Crippen LogP contribution in [0.15, 0.2) is 18.2 Å². The Bertz CT molecular complexity index is 430. The molecule has 0 saturated carbocycles. The van der Waals surface area contributed by atoms with E-state index in [1.165, 1.54) is 6.07 Å². The van der Waals surface area contributed by atoms with Crippen LogP contribution in [0.1, 0.15) is 36.9 Å². The van der Waals surface area contributed by atoms with Crippen LogP contribution in [0.3, 0.4) is 0 Å². The number of rotatable bonds is 5. The Kier molecular flexibility index (Phi) is 5.52. The topological polar surface area (TPSA) is 38.5 Å². The van der Waals surface area contributed by atoms with E-state index in [-0.39, 0.29) is 11.9 Å². The Morgan fingerprint density at radius 3 is 2.70 bits per heavy atom. The number of nitrogens with two attached hydrogens (primary N) is 1. The largest absolute Gasteiger partial charge is 0.378 e. The first-order valence-electron chi connectivity index (χ1n) is 7.47. The van der Waals surface area contributed by atoms with Crippen molar-refractivity contribution >= 4 is 0 Å². The van der Waals surface area contributed by atoms with Gasteiger partial charge in [0.1, 0.15) is 5.82 Å². The van der Waals surface area contributed by atoms with Crippen molar-refractivity contribution in [1.29, 1.82) is 0 Å². The fraction of sp³-hybridized carbons (Fsp3) is 0.625. The second-order valence-corrected chi connectivity index (χ2v) is 5.44. The first-order valence-corrected chi connectivity index (χ1v) is 7.47. The summed E-state index contributed by atoms with van der Waals surface area (Å²) in [5, 5.41) is 0. The van der Waals surface area contributed by atoms with Crippen LogP contribution in [0, 0.1) is 12.7 Å². The third kappa shape index (κ3) is 3.57. The Morgan fingerprint density at radius 1 is 1.40 bits per heavy atom. The van der Waals surface area contributed by atoms with E-state index in [1.807, 2.05) is 19.9 Å². The Balaban J connectivity index is 2.07. The third-order valence-corrected chi connectivity index (χ3v) is 4.14. The average molecular weight is 280 g/mol. The summed E-state index contributed by atoms with van der Waals surface area (Å²) in [4.78, 5) is 2.36. The van der Waals surface area contributed by atoms with Gasteiger partial charge in [0.2, 0.25) is 0 Å². The minimum Gasteiger partial charge on any atom is -0.378 e. The fourth-order valence-electron chi connectivity index (χ4n) is 3.03. The van der Waals surface area contributed by atoms with Crippen LogP contribution < -0.4 is 5.73 Å². The van der Waals surface area contributed by atoms with E-state index in [0.29, 0.717) is 12.6 Å². The van der Waals surface area contributed by atoms with Crippen molar-refractivity contribution in [3.05, 3.63) is 35.1 Å². The van der Waals surface area contributed by atoms with Gasteiger partial charge in [0.25, 0.3) is 0 Å². The van der Waals surface area contributed by atoms with Gasteiger partial charge in [0.15, 0.2) is 0 Å². The molecule has 2 rings (SSSR count). The van der Waals surface area contributed by atoms with E-state index in [1.54, 1.807) is 6.07 Å². The average Bonchev–Trinajstić information content (AvgIpc) is 2.45. The fourth-order valence-corrected chi connectivity index (χ4v) is 3.03. The van der Waals surface area contributed by atoms with E-state index < -0.39 is 0 Å². The van der Waals surface area contributed by atoms with Gasteiger partial charge in [-0.1, -0.05) is 6.07 Å². The lowest BCUT2D eigenvalue weighted by Crippen LogP contribution is -2.42. The molecule has 0 spiro atoms. The number of nitrogens with zero attached hydrogens (tertiary/aromatic N) is 1. The van der Waals surface area contributed by atoms with Crippen molar-refractivity contribution in [2.45, 2.75) is 38.8 Å². The molecule has 1 atom stereocenters. The summed E-state index contributed by atoms with van der Waals surface area (Å²) < 4.78 is 19.2. The molecule has 4 heteroatoms. The zero-order chi connectivity index (χ0) is 14.5. The SMILES string of the molecule is CCOC1CCN(C(CN)c2cc(F)ccc2C)CC1. The maximum absolute atomic E-state index is 13.5. The summed E-state index contributed by atoms with van der Waals surface area (Å²) in [5.41, 5.74) is 8.07. The maximum atomic E-state index is 13.5. The number of halogens is 1. The van der Waals surface area contributed by atoms with Crippen LogP contribution in [0.2, 0.25) is 0 Å².